The zero-order chi connectivity index (χ0) is 22.5. The number of rotatable bonds is 6. The molecule has 3 aromatic carbocycles. The van der Waals surface area contributed by atoms with Gasteiger partial charge in [0.1, 0.15) is 11.5 Å². The van der Waals surface area contributed by atoms with E-state index in [1.54, 1.807) is 78.9 Å². The summed E-state index contributed by atoms with van der Waals surface area (Å²) in [6, 6.07) is 20.8. The third-order valence-corrected chi connectivity index (χ3v) is 5.04. The Balaban J connectivity index is 1.45. The number of aliphatic imine (C=N–C) groups is 1. The van der Waals surface area contributed by atoms with Crippen LogP contribution in [0.4, 0.5) is 0 Å². The van der Waals surface area contributed by atoms with Crippen molar-refractivity contribution in [3.05, 3.63) is 99.7 Å². The van der Waals surface area contributed by atoms with Crippen LogP contribution in [0.3, 0.4) is 0 Å². The Hall–Kier alpha value is -3.71. The molecule has 7 heteroatoms. The van der Waals surface area contributed by atoms with E-state index in [2.05, 4.69) is 20.9 Å². The third kappa shape index (κ3) is 5.12. The fraction of sp³-hybridized carbons (Fsp3) is 0.0800. The van der Waals surface area contributed by atoms with Crippen LogP contribution in [0.5, 0.6) is 11.5 Å². The molecule has 0 saturated heterocycles. The van der Waals surface area contributed by atoms with Gasteiger partial charge in [-0.25, -0.2) is 14.6 Å². The first kappa shape index (κ1) is 21.5. The molecule has 1 heterocycles. The predicted octanol–water partition coefficient (Wildman–Crippen LogP) is 5.41. The highest BCUT2D eigenvalue weighted by Crippen LogP contribution is 2.22. The van der Waals surface area contributed by atoms with Crippen LogP contribution in [0.25, 0.3) is 6.08 Å². The van der Waals surface area contributed by atoms with Gasteiger partial charge in [0.2, 0.25) is 5.90 Å². The van der Waals surface area contributed by atoms with Gasteiger partial charge in [-0.15, -0.1) is 0 Å². The minimum absolute atomic E-state index is 0.188. The Labute approximate surface area is 193 Å². The summed E-state index contributed by atoms with van der Waals surface area (Å²) in [6.07, 6.45) is 1.62. The molecule has 3 aromatic rings. The van der Waals surface area contributed by atoms with E-state index in [4.69, 9.17) is 14.2 Å². The second-order valence-corrected chi connectivity index (χ2v) is 7.67. The molecule has 0 fully saturated rings. The van der Waals surface area contributed by atoms with E-state index >= 15 is 0 Å². The maximum atomic E-state index is 12.2. The van der Waals surface area contributed by atoms with Gasteiger partial charge in [-0.2, -0.15) is 0 Å². The average Bonchev–Trinajstić information content (AvgIpc) is 3.16. The second-order valence-electron chi connectivity index (χ2n) is 6.76. The summed E-state index contributed by atoms with van der Waals surface area (Å²) in [5.41, 5.74) is 2.04. The summed E-state index contributed by atoms with van der Waals surface area (Å²) < 4.78 is 17.0. The molecule has 0 aliphatic carbocycles. The lowest BCUT2D eigenvalue weighted by Crippen LogP contribution is -2.08. The van der Waals surface area contributed by atoms with Crippen LogP contribution >= 0.6 is 15.9 Å². The van der Waals surface area contributed by atoms with E-state index in [0.29, 0.717) is 23.5 Å². The van der Waals surface area contributed by atoms with Gasteiger partial charge in [0, 0.05) is 10.0 Å². The number of halogens is 1. The molecule has 0 spiro atoms. The van der Waals surface area contributed by atoms with Gasteiger partial charge in [-0.05, 0) is 79.2 Å². The molecule has 1 aliphatic heterocycles. The van der Waals surface area contributed by atoms with E-state index in [1.165, 1.54) is 0 Å². The number of carbonyl (C=O) groups excluding carboxylic acids is 2. The lowest BCUT2D eigenvalue weighted by atomic mass is 10.2. The van der Waals surface area contributed by atoms with Gasteiger partial charge in [0.15, 0.2) is 5.70 Å². The highest BCUT2D eigenvalue weighted by molar-refractivity contribution is 9.10. The zero-order valence-corrected chi connectivity index (χ0v) is 18.7. The molecule has 0 unspecified atom stereocenters. The van der Waals surface area contributed by atoms with Gasteiger partial charge >= 0.3 is 11.9 Å². The highest BCUT2D eigenvalue weighted by Gasteiger charge is 2.24. The maximum absolute atomic E-state index is 12.2. The van der Waals surface area contributed by atoms with Crippen molar-refractivity contribution in [3.63, 3.8) is 0 Å². The number of hydrogen-bond donors (Lipinski definition) is 0. The van der Waals surface area contributed by atoms with Crippen molar-refractivity contribution >= 4 is 39.8 Å². The molecule has 0 N–H and O–H groups in total. The molecule has 32 heavy (non-hydrogen) atoms. The fourth-order valence-corrected chi connectivity index (χ4v) is 3.20. The van der Waals surface area contributed by atoms with Crippen molar-refractivity contribution in [1.82, 2.24) is 0 Å². The molecule has 0 aromatic heterocycles. The van der Waals surface area contributed by atoms with Crippen molar-refractivity contribution in [2.45, 2.75) is 6.92 Å². The van der Waals surface area contributed by atoms with Gasteiger partial charge in [0.05, 0.1) is 12.2 Å². The summed E-state index contributed by atoms with van der Waals surface area (Å²) in [5.74, 6) is 0.391. The molecule has 0 radical (unpaired) electrons. The van der Waals surface area contributed by atoms with E-state index < -0.39 is 11.9 Å². The average molecular weight is 492 g/mol. The summed E-state index contributed by atoms with van der Waals surface area (Å²) in [5, 5.41) is 0. The summed E-state index contributed by atoms with van der Waals surface area (Å²) in [4.78, 5) is 28.8. The summed E-state index contributed by atoms with van der Waals surface area (Å²) in [6.45, 7) is 2.48. The number of cyclic esters (lactones) is 1. The molecular weight excluding hydrogens is 474 g/mol. The van der Waals surface area contributed by atoms with Gasteiger partial charge in [0.25, 0.3) is 0 Å². The highest BCUT2D eigenvalue weighted by atomic mass is 79.9. The van der Waals surface area contributed by atoms with Crippen molar-refractivity contribution in [2.24, 2.45) is 4.99 Å². The third-order valence-electron chi connectivity index (χ3n) is 4.51. The van der Waals surface area contributed by atoms with Gasteiger partial charge in [-0.3, -0.25) is 0 Å². The SMILES string of the molecule is CCOc1ccc(C2=N/C(=C\c3ccc(OC(=O)c4ccc(Br)cc4)cc3)C(=O)O2)cc1. The van der Waals surface area contributed by atoms with Crippen molar-refractivity contribution < 1.29 is 23.8 Å². The quantitative estimate of drug-likeness (QED) is 0.261. The summed E-state index contributed by atoms with van der Waals surface area (Å²) in [7, 11) is 0. The predicted molar refractivity (Wildman–Crippen MR) is 124 cm³/mol. The molecule has 0 amide bonds. The Morgan fingerprint density at radius 3 is 2.28 bits per heavy atom. The Morgan fingerprint density at radius 1 is 0.969 bits per heavy atom. The first-order valence-corrected chi connectivity index (χ1v) is 10.6. The van der Waals surface area contributed by atoms with E-state index in [-0.39, 0.29) is 11.6 Å². The van der Waals surface area contributed by atoms with Crippen LogP contribution in [0.15, 0.2) is 88.0 Å². The lowest BCUT2D eigenvalue weighted by molar-refractivity contribution is -0.129. The Kier molecular flexibility index (Phi) is 6.47. The van der Waals surface area contributed by atoms with Gasteiger partial charge in [-0.1, -0.05) is 28.1 Å². The number of ether oxygens (including phenoxy) is 3. The Bertz CT molecular complexity index is 1200. The van der Waals surface area contributed by atoms with E-state index in [9.17, 15) is 9.59 Å². The van der Waals surface area contributed by atoms with Gasteiger partial charge < -0.3 is 14.2 Å². The minimum Gasteiger partial charge on any atom is -0.494 e. The molecule has 6 nitrogen and oxygen atoms in total. The van der Waals surface area contributed by atoms with Crippen LogP contribution in [0, 0.1) is 0 Å². The van der Waals surface area contributed by atoms with E-state index in [0.717, 1.165) is 15.8 Å². The molecule has 0 bridgehead atoms. The number of hydrogen-bond acceptors (Lipinski definition) is 6. The number of nitrogens with zero attached hydrogens (tertiary/aromatic N) is 1. The monoisotopic (exact) mass is 491 g/mol. The van der Waals surface area contributed by atoms with Crippen molar-refractivity contribution in [3.8, 4) is 11.5 Å². The second kappa shape index (κ2) is 9.62. The number of esters is 2. The van der Waals surface area contributed by atoms with Crippen LogP contribution in [-0.2, 0) is 9.53 Å². The van der Waals surface area contributed by atoms with Crippen molar-refractivity contribution in [2.75, 3.05) is 6.61 Å². The van der Waals surface area contributed by atoms with Crippen LogP contribution in [-0.4, -0.2) is 24.4 Å². The standard InChI is InChI=1S/C25H18BrNO5/c1-2-30-20-13-7-17(8-14-20)23-27-22(25(29)32-23)15-16-3-11-21(12-4-16)31-24(28)18-5-9-19(26)10-6-18/h3-15H,2H2,1H3/b22-15-. The number of benzene rings is 3. The van der Waals surface area contributed by atoms with Crippen LogP contribution < -0.4 is 9.47 Å². The molecule has 0 saturated carbocycles. The summed E-state index contributed by atoms with van der Waals surface area (Å²) >= 11 is 3.33. The molecule has 1 aliphatic rings. The molecule has 4 rings (SSSR count). The molecular formula is C25H18BrNO5. The number of carbonyl (C=O) groups is 2. The maximum Gasteiger partial charge on any atom is 0.363 e. The minimum atomic E-state index is -0.528. The van der Waals surface area contributed by atoms with Crippen molar-refractivity contribution in [1.29, 1.82) is 0 Å². The Morgan fingerprint density at radius 2 is 1.62 bits per heavy atom. The van der Waals surface area contributed by atoms with Crippen LogP contribution in [0.1, 0.15) is 28.4 Å². The first-order chi connectivity index (χ1) is 15.5. The topological polar surface area (TPSA) is 74.2 Å². The zero-order valence-electron chi connectivity index (χ0n) is 17.1. The fourth-order valence-electron chi connectivity index (χ4n) is 2.93. The lowest BCUT2D eigenvalue weighted by Gasteiger charge is -2.05. The first-order valence-electron chi connectivity index (χ1n) is 9.85. The van der Waals surface area contributed by atoms with Crippen LogP contribution in [0.2, 0.25) is 0 Å². The smallest absolute Gasteiger partial charge is 0.363 e. The molecule has 0 atom stereocenters. The van der Waals surface area contributed by atoms with E-state index in [1.807, 2.05) is 6.92 Å². The molecule has 160 valence electrons. The normalized spacial score (nSPS) is 14.1. The largest absolute Gasteiger partial charge is 0.494 e.